The number of rotatable bonds is 4. The molecule has 1 saturated carbocycles. The van der Waals surface area contributed by atoms with Crippen molar-refractivity contribution in [3.05, 3.63) is 0 Å². The Kier molecular flexibility index (Phi) is 3.69. The van der Waals surface area contributed by atoms with Gasteiger partial charge in [0.15, 0.2) is 0 Å². The first-order chi connectivity index (χ1) is 6.15. The van der Waals surface area contributed by atoms with Crippen LogP contribution in [0.15, 0.2) is 0 Å². The SMILES string of the molecule is COC(=O)[C@@H](N)[C@@H](C)OC1CCC1. The molecule has 13 heavy (non-hydrogen) atoms. The second-order valence-electron chi connectivity index (χ2n) is 3.44. The highest BCUT2D eigenvalue weighted by Crippen LogP contribution is 2.23. The van der Waals surface area contributed by atoms with Gasteiger partial charge in [0.2, 0.25) is 0 Å². The van der Waals surface area contributed by atoms with Crippen LogP contribution in [0.1, 0.15) is 26.2 Å². The van der Waals surface area contributed by atoms with E-state index < -0.39 is 12.0 Å². The van der Waals surface area contributed by atoms with Gasteiger partial charge in [-0.05, 0) is 26.2 Å². The van der Waals surface area contributed by atoms with Gasteiger partial charge >= 0.3 is 5.97 Å². The maximum absolute atomic E-state index is 11.0. The molecule has 0 aliphatic heterocycles. The highest BCUT2D eigenvalue weighted by Gasteiger charge is 2.27. The van der Waals surface area contributed by atoms with Gasteiger partial charge in [-0.25, -0.2) is 0 Å². The molecule has 4 heteroatoms. The first-order valence-electron chi connectivity index (χ1n) is 4.64. The minimum Gasteiger partial charge on any atom is -0.468 e. The van der Waals surface area contributed by atoms with E-state index in [9.17, 15) is 4.79 Å². The molecule has 0 aromatic rings. The third-order valence-corrected chi connectivity index (χ3v) is 2.44. The van der Waals surface area contributed by atoms with E-state index in [-0.39, 0.29) is 6.10 Å². The summed E-state index contributed by atoms with van der Waals surface area (Å²) in [6.45, 7) is 1.81. The van der Waals surface area contributed by atoms with E-state index in [2.05, 4.69) is 4.74 Å². The van der Waals surface area contributed by atoms with Crippen LogP contribution in [-0.2, 0) is 14.3 Å². The average molecular weight is 187 g/mol. The highest BCUT2D eigenvalue weighted by molar-refractivity contribution is 5.75. The summed E-state index contributed by atoms with van der Waals surface area (Å²) in [5, 5.41) is 0. The van der Waals surface area contributed by atoms with Gasteiger partial charge in [-0.2, -0.15) is 0 Å². The van der Waals surface area contributed by atoms with Crippen molar-refractivity contribution < 1.29 is 14.3 Å². The number of nitrogens with two attached hydrogens (primary N) is 1. The van der Waals surface area contributed by atoms with Gasteiger partial charge in [0.05, 0.1) is 19.3 Å². The Labute approximate surface area is 78.4 Å². The number of carbonyl (C=O) groups is 1. The Bertz CT molecular complexity index is 180. The van der Waals surface area contributed by atoms with Gasteiger partial charge in [0.1, 0.15) is 6.04 Å². The van der Waals surface area contributed by atoms with Gasteiger partial charge in [0.25, 0.3) is 0 Å². The van der Waals surface area contributed by atoms with Gasteiger partial charge in [-0.3, -0.25) is 4.79 Å². The molecule has 0 saturated heterocycles. The zero-order chi connectivity index (χ0) is 9.84. The molecule has 4 nitrogen and oxygen atoms in total. The predicted molar refractivity (Wildman–Crippen MR) is 48.2 cm³/mol. The fourth-order valence-corrected chi connectivity index (χ4v) is 1.22. The van der Waals surface area contributed by atoms with E-state index >= 15 is 0 Å². The van der Waals surface area contributed by atoms with Gasteiger partial charge in [-0.15, -0.1) is 0 Å². The lowest BCUT2D eigenvalue weighted by Gasteiger charge is -2.30. The molecule has 1 aliphatic carbocycles. The molecular weight excluding hydrogens is 170 g/mol. The first-order valence-corrected chi connectivity index (χ1v) is 4.64. The van der Waals surface area contributed by atoms with Crippen LogP contribution in [0.25, 0.3) is 0 Å². The molecule has 2 atom stereocenters. The molecule has 2 N–H and O–H groups in total. The van der Waals surface area contributed by atoms with Crippen molar-refractivity contribution in [2.75, 3.05) is 7.11 Å². The molecule has 1 aliphatic rings. The van der Waals surface area contributed by atoms with Crippen molar-refractivity contribution in [2.45, 2.75) is 44.4 Å². The second kappa shape index (κ2) is 4.58. The predicted octanol–water partition coefficient (Wildman–Crippen LogP) is 0.444. The van der Waals surface area contributed by atoms with Crippen molar-refractivity contribution in [1.29, 1.82) is 0 Å². The number of carbonyl (C=O) groups excluding carboxylic acids is 1. The Balaban J connectivity index is 2.27. The number of ether oxygens (including phenoxy) is 2. The monoisotopic (exact) mass is 187 g/mol. The molecule has 1 fully saturated rings. The third kappa shape index (κ3) is 2.67. The van der Waals surface area contributed by atoms with Crippen molar-refractivity contribution >= 4 is 5.97 Å². The Morgan fingerprint density at radius 3 is 2.54 bits per heavy atom. The molecule has 0 radical (unpaired) electrons. The summed E-state index contributed by atoms with van der Waals surface area (Å²) in [6, 6.07) is -0.661. The lowest BCUT2D eigenvalue weighted by molar-refractivity contribution is -0.148. The van der Waals surface area contributed by atoms with E-state index in [0.717, 1.165) is 12.8 Å². The van der Waals surface area contributed by atoms with Gasteiger partial charge < -0.3 is 15.2 Å². The number of hydrogen-bond donors (Lipinski definition) is 1. The minimum absolute atomic E-state index is 0.252. The topological polar surface area (TPSA) is 61.5 Å². The maximum Gasteiger partial charge on any atom is 0.325 e. The van der Waals surface area contributed by atoms with E-state index in [4.69, 9.17) is 10.5 Å². The molecular formula is C9H17NO3. The molecule has 0 amide bonds. The average Bonchev–Trinajstić information content (AvgIpc) is 2.08. The Morgan fingerprint density at radius 1 is 1.54 bits per heavy atom. The zero-order valence-electron chi connectivity index (χ0n) is 8.16. The summed E-state index contributed by atoms with van der Waals surface area (Å²) in [4.78, 5) is 11.0. The minimum atomic E-state index is -0.661. The van der Waals surface area contributed by atoms with Crippen LogP contribution in [0.2, 0.25) is 0 Å². The lowest BCUT2D eigenvalue weighted by Crippen LogP contribution is -2.44. The van der Waals surface area contributed by atoms with Crippen molar-refractivity contribution in [1.82, 2.24) is 0 Å². The molecule has 0 spiro atoms. The number of hydrogen-bond acceptors (Lipinski definition) is 4. The standard InChI is InChI=1S/C9H17NO3/c1-6(8(10)9(11)12-2)13-7-4-3-5-7/h6-8H,3-5,10H2,1-2H3/t6-,8+/m1/s1. The molecule has 1 rings (SSSR count). The fraction of sp³-hybridized carbons (Fsp3) is 0.889. The smallest absolute Gasteiger partial charge is 0.325 e. The summed E-state index contributed by atoms with van der Waals surface area (Å²) >= 11 is 0. The molecule has 0 aromatic heterocycles. The third-order valence-electron chi connectivity index (χ3n) is 2.44. The van der Waals surface area contributed by atoms with Crippen LogP contribution >= 0.6 is 0 Å². The van der Waals surface area contributed by atoms with Crippen LogP contribution < -0.4 is 5.73 Å². The Hall–Kier alpha value is -0.610. The van der Waals surface area contributed by atoms with Crippen LogP contribution in [0.5, 0.6) is 0 Å². The van der Waals surface area contributed by atoms with E-state index in [0.29, 0.717) is 6.10 Å². The summed E-state index contributed by atoms with van der Waals surface area (Å²) in [5.74, 6) is -0.410. The second-order valence-corrected chi connectivity index (χ2v) is 3.44. The maximum atomic E-state index is 11.0. The van der Waals surface area contributed by atoms with Crippen molar-refractivity contribution in [3.8, 4) is 0 Å². The van der Waals surface area contributed by atoms with E-state index in [1.165, 1.54) is 13.5 Å². The van der Waals surface area contributed by atoms with E-state index in [1.54, 1.807) is 6.92 Å². The van der Waals surface area contributed by atoms with Crippen LogP contribution in [0.3, 0.4) is 0 Å². The molecule has 0 unspecified atom stereocenters. The largest absolute Gasteiger partial charge is 0.468 e. The zero-order valence-corrected chi connectivity index (χ0v) is 8.16. The quantitative estimate of drug-likeness (QED) is 0.649. The summed E-state index contributed by atoms with van der Waals surface area (Å²) in [6.07, 6.45) is 3.42. The van der Waals surface area contributed by atoms with Crippen LogP contribution in [0, 0.1) is 0 Å². The molecule has 0 bridgehead atoms. The highest BCUT2D eigenvalue weighted by atomic mass is 16.5. The molecule has 76 valence electrons. The first kappa shape index (κ1) is 10.5. The number of methoxy groups -OCH3 is 1. The summed E-state index contributed by atoms with van der Waals surface area (Å²) in [5.41, 5.74) is 5.60. The summed E-state index contributed by atoms with van der Waals surface area (Å²) in [7, 11) is 1.33. The normalized spacial score (nSPS) is 21.8. The van der Waals surface area contributed by atoms with Crippen molar-refractivity contribution in [3.63, 3.8) is 0 Å². The summed E-state index contributed by atoms with van der Waals surface area (Å²) < 4.78 is 10.1. The number of esters is 1. The Morgan fingerprint density at radius 2 is 2.15 bits per heavy atom. The van der Waals surface area contributed by atoms with Crippen LogP contribution in [-0.4, -0.2) is 31.3 Å². The van der Waals surface area contributed by atoms with Crippen LogP contribution in [0.4, 0.5) is 0 Å². The lowest BCUT2D eigenvalue weighted by atomic mass is 9.96. The fourth-order valence-electron chi connectivity index (χ4n) is 1.22. The van der Waals surface area contributed by atoms with Gasteiger partial charge in [-0.1, -0.05) is 0 Å². The molecule has 0 heterocycles. The van der Waals surface area contributed by atoms with Gasteiger partial charge in [0, 0.05) is 0 Å². The van der Waals surface area contributed by atoms with Crippen molar-refractivity contribution in [2.24, 2.45) is 5.73 Å². The molecule has 0 aromatic carbocycles. The van der Waals surface area contributed by atoms with E-state index in [1.807, 2.05) is 0 Å².